The van der Waals surface area contributed by atoms with Crippen LogP contribution < -0.4 is 9.47 Å². The van der Waals surface area contributed by atoms with Gasteiger partial charge in [0.15, 0.2) is 17.8 Å². The normalized spacial score (nSPS) is 13.7. The monoisotopic (exact) mass is 250 g/mol. The number of aryl methyl sites for hydroxylation is 1. The fourth-order valence-electron chi connectivity index (χ4n) is 1.80. The van der Waals surface area contributed by atoms with Crippen molar-refractivity contribution in [1.29, 1.82) is 0 Å². The van der Waals surface area contributed by atoms with E-state index in [2.05, 4.69) is 5.10 Å². The second kappa shape index (κ2) is 3.89. The molecule has 0 saturated carbocycles. The summed E-state index contributed by atoms with van der Waals surface area (Å²) in [5, 5.41) is 6.17. The summed E-state index contributed by atoms with van der Waals surface area (Å²) in [5.74, 6) is 1.43. The number of aromatic nitrogens is 2. The van der Waals surface area contributed by atoms with Gasteiger partial charge in [0.05, 0.1) is 5.56 Å². The molecular weight excluding hydrogens is 240 g/mol. The molecule has 0 aromatic carbocycles. The van der Waals surface area contributed by atoms with Crippen molar-refractivity contribution in [2.24, 2.45) is 7.05 Å². The summed E-state index contributed by atoms with van der Waals surface area (Å²) in [5.41, 5.74) is 1.21. The van der Waals surface area contributed by atoms with Crippen LogP contribution in [-0.2, 0) is 7.05 Å². The lowest BCUT2D eigenvalue weighted by molar-refractivity contribution is 0.112. The number of hydrogen-bond acceptors (Lipinski definition) is 5. The smallest absolute Gasteiger partial charge is 0.181 e. The molecule has 0 radical (unpaired) electrons. The first-order chi connectivity index (χ1) is 8.29. The Hall–Kier alpha value is -1.82. The molecule has 0 spiro atoms. The third kappa shape index (κ3) is 1.61. The number of rotatable bonds is 2. The second-order valence-electron chi connectivity index (χ2n) is 3.68. The van der Waals surface area contributed by atoms with Crippen molar-refractivity contribution in [3.05, 3.63) is 17.1 Å². The van der Waals surface area contributed by atoms with E-state index in [9.17, 15) is 4.79 Å². The van der Waals surface area contributed by atoms with Crippen LogP contribution >= 0.6 is 11.3 Å². The van der Waals surface area contributed by atoms with Crippen molar-refractivity contribution in [2.75, 3.05) is 13.2 Å². The minimum atomic E-state index is 0.528. The van der Waals surface area contributed by atoms with Gasteiger partial charge in [-0.25, -0.2) is 0 Å². The summed E-state index contributed by atoms with van der Waals surface area (Å²) in [6.45, 7) is 1.09. The molecule has 0 N–H and O–H groups in total. The van der Waals surface area contributed by atoms with E-state index in [1.165, 1.54) is 11.3 Å². The summed E-state index contributed by atoms with van der Waals surface area (Å²) in [4.78, 5) is 11.8. The number of aldehydes is 1. The minimum absolute atomic E-state index is 0.528. The highest BCUT2D eigenvalue weighted by Gasteiger charge is 2.23. The van der Waals surface area contributed by atoms with Crippen LogP contribution in [0.3, 0.4) is 0 Å². The van der Waals surface area contributed by atoms with Gasteiger partial charge in [-0.3, -0.25) is 9.48 Å². The zero-order valence-electron chi connectivity index (χ0n) is 9.17. The standard InChI is InChI=1S/C11H10N2O3S/c1-13-4-7(5-14)9(12-13)11-10-8(6-17-11)15-2-3-16-10/h4-6H,2-3H2,1H3. The first-order valence-electron chi connectivity index (χ1n) is 5.16. The van der Waals surface area contributed by atoms with Crippen LogP contribution in [0.1, 0.15) is 10.4 Å². The number of nitrogens with zero attached hydrogens (tertiary/aromatic N) is 2. The van der Waals surface area contributed by atoms with Crippen molar-refractivity contribution in [3.63, 3.8) is 0 Å². The van der Waals surface area contributed by atoms with Crippen molar-refractivity contribution in [3.8, 4) is 22.1 Å². The molecule has 1 aliphatic rings. The van der Waals surface area contributed by atoms with Gasteiger partial charge in [0.1, 0.15) is 23.8 Å². The molecule has 3 heterocycles. The Balaban J connectivity index is 2.14. The van der Waals surface area contributed by atoms with Crippen LogP contribution in [0.5, 0.6) is 11.5 Å². The minimum Gasteiger partial charge on any atom is -0.485 e. The highest BCUT2D eigenvalue weighted by molar-refractivity contribution is 7.14. The molecule has 2 aromatic heterocycles. The van der Waals surface area contributed by atoms with Crippen molar-refractivity contribution >= 4 is 17.6 Å². The van der Waals surface area contributed by atoms with E-state index in [4.69, 9.17) is 9.47 Å². The van der Waals surface area contributed by atoms with Crippen LogP contribution in [0.25, 0.3) is 10.6 Å². The van der Waals surface area contributed by atoms with Gasteiger partial charge in [0.25, 0.3) is 0 Å². The van der Waals surface area contributed by atoms with E-state index < -0.39 is 0 Å². The predicted octanol–water partition coefficient (Wildman–Crippen LogP) is 1.73. The summed E-state index contributed by atoms with van der Waals surface area (Å²) in [7, 11) is 1.79. The van der Waals surface area contributed by atoms with E-state index in [0.29, 0.717) is 30.2 Å². The molecule has 88 valence electrons. The Morgan fingerprint density at radius 2 is 2.29 bits per heavy atom. The van der Waals surface area contributed by atoms with E-state index in [0.717, 1.165) is 16.9 Å². The van der Waals surface area contributed by atoms with Gasteiger partial charge in [-0.1, -0.05) is 0 Å². The molecule has 6 heteroatoms. The topological polar surface area (TPSA) is 53.4 Å². The lowest BCUT2D eigenvalue weighted by atomic mass is 10.2. The maximum absolute atomic E-state index is 11.0. The molecule has 5 nitrogen and oxygen atoms in total. The van der Waals surface area contributed by atoms with Gasteiger partial charge >= 0.3 is 0 Å². The summed E-state index contributed by atoms with van der Waals surface area (Å²) in [6.07, 6.45) is 2.50. The molecule has 0 fully saturated rings. The largest absolute Gasteiger partial charge is 0.485 e. The molecule has 0 aliphatic carbocycles. The third-order valence-corrected chi connectivity index (χ3v) is 3.45. The van der Waals surface area contributed by atoms with Crippen LogP contribution in [0.2, 0.25) is 0 Å². The second-order valence-corrected chi connectivity index (χ2v) is 4.56. The molecule has 2 aromatic rings. The van der Waals surface area contributed by atoms with Crippen LogP contribution in [0, 0.1) is 0 Å². The molecule has 1 aliphatic heterocycles. The Kier molecular flexibility index (Phi) is 2.36. The van der Waals surface area contributed by atoms with Gasteiger partial charge < -0.3 is 9.47 Å². The van der Waals surface area contributed by atoms with Crippen LogP contribution in [-0.4, -0.2) is 29.3 Å². The van der Waals surface area contributed by atoms with Gasteiger partial charge in [-0.15, -0.1) is 11.3 Å². The van der Waals surface area contributed by atoms with Crippen LogP contribution in [0.15, 0.2) is 11.6 Å². The zero-order chi connectivity index (χ0) is 11.8. The summed E-state index contributed by atoms with van der Waals surface area (Å²) in [6, 6.07) is 0. The molecule has 0 unspecified atom stereocenters. The molecule has 3 rings (SSSR count). The number of fused-ring (bicyclic) bond motifs is 1. The predicted molar refractivity (Wildman–Crippen MR) is 62.9 cm³/mol. The molecule has 0 saturated heterocycles. The number of hydrogen-bond donors (Lipinski definition) is 0. The first kappa shape index (κ1) is 10.3. The number of carbonyl (C=O) groups excluding carboxylic acids is 1. The Morgan fingerprint density at radius 1 is 1.47 bits per heavy atom. The fourth-order valence-corrected chi connectivity index (χ4v) is 2.73. The highest BCUT2D eigenvalue weighted by Crippen LogP contribution is 2.45. The van der Waals surface area contributed by atoms with E-state index in [1.807, 2.05) is 5.38 Å². The highest BCUT2D eigenvalue weighted by atomic mass is 32.1. The zero-order valence-corrected chi connectivity index (χ0v) is 9.99. The quantitative estimate of drug-likeness (QED) is 0.762. The number of ether oxygens (including phenoxy) is 2. The van der Waals surface area contributed by atoms with Gasteiger partial charge in [-0.05, 0) is 0 Å². The lowest BCUT2D eigenvalue weighted by Gasteiger charge is -2.15. The summed E-state index contributed by atoms with van der Waals surface area (Å²) >= 11 is 1.48. The van der Waals surface area contributed by atoms with Gasteiger partial charge in [0.2, 0.25) is 0 Å². The van der Waals surface area contributed by atoms with Crippen LogP contribution in [0.4, 0.5) is 0 Å². The first-order valence-corrected chi connectivity index (χ1v) is 6.04. The van der Waals surface area contributed by atoms with Crippen molar-refractivity contribution in [2.45, 2.75) is 0 Å². The summed E-state index contributed by atoms with van der Waals surface area (Å²) < 4.78 is 12.7. The maximum atomic E-state index is 11.0. The average molecular weight is 250 g/mol. The van der Waals surface area contributed by atoms with Crippen molar-refractivity contribution < 1.29 is 14.3 Å². The van der Waals surface area contributed by atoms with Crippen molar-refractivity contribution in [1.82, 2.24) is 9.78 Å². The molecule has 0 atom stereocenters. The molecule has 0 bridgehead atoms. The lowest BCUT2D eigenvalue weighted by Crippen LogP contribution is -2.14. The van der Waals surface area contributed by atoms with Gasteiger partial charge in [-0.2, -0.15) is 5.10 Å². The molecular formula is C11H10N2O3S. The third-order valence-electron chi connectivity index (χ3n) is 2.50. The molecule has 0 amide bonds. The Morgan fingerprint density at radius 3 is 3.12 bits per heavy atom. The van der Waals surface area contributed by atoms with Gasteiger partial charge in [0, 0.05) is 18.6 Å². The number of thiophene rings is 1. The van der Waals surface area contributed by atoms with E-state index in [1.54, 1.807) is 17.9 Å². The maximum Gasteiger partial charge on any atom is 0.181 e. The average Bonchev–Trinajstić information content (AvgIpc) is 2.91. The van der Waals surface area contributed by atoms with E-state index in [-0.39, 0.29) is 0 Å². The van der Waals surface area contributed by atoms with E-state index >= 15 is 0 Å². The SMILES string of the molecule is Cn1cc(C=O)c(-c2scc3c2OCCO3)n1. The number of carbonyl (C=O) groups is 1. The molecule has 17 heavy (non-hydrogen) atoms. The fraction of sp³-hybridized carbons (Fsp3) is 0.273. The Labute approximate surface area is 102 Å². The Bertz CT molecular complexity index is 573.